The van der Waals surface area contributed by atoms with Gasteiger partial charge in [0.1, 0.15) is 0 Å². The van der Waals surface area contributed by atoms with Crippen LogP contribution in [0.1, 0.15) is 41.6 Å². The van der Waals surface area contributed by atoms with Gasteiger partial charge in [-0.25, -0.2) is 0 Å². The van der Waals surface area contributed by atoms with E-state index in [2.05, 4.69) is 18.0 Å². The number of likely N-dealkylation sites (tertiary alicyclic amines) is 1. The summed E-state index contributed by atoms with van der Waals surface area (Å²) in [4.78, 5) is 14.2. The van der Waals surface area contributed by atoms with Gasteiger partial charge in [-0.05, 0) is 43.4 Å². The van der Waals surface area contributed by atoms with Crippen molar-refractivity contribution in [2.75, 3.05) is 27.8 Å². The molecule has 1 atom stereocenters. The first-order chi connectivity index (χ1) is 11.0. The average molecular weight is 316 g/mol. The van der Waals surface area contributed by atoms with Gasteiger partial charge in [0.05, 0.1) is 19.8 Å². The standard InChI is InChI=1S/C18H24N2O3/c1-20-9-8-18(7-5-4-6-15(18)20)12-10-13(17(19)21)16(23-3)14(11-12)22-2/h6,10-11H,4-5,7-9H2,1-3H3,(H2,19,21)/t18-/m0/s1. The summed E-state index contributed by atoms with van der Waals surface area (Å²) >= 11 is 0. The molecule has 5 nitrogen and oxygen atoms in total. The Bertz CT molecular complexity index is 668. The van der Waals surface area contributed by atoms with Crippen molar-refractivity contribution in [3.8, 4) is 11.5 Å². The van der Waals surface area contributed by atoms with Gasteiger partial charge in [0.25, 0.3) is 5.91 Å². The van der Waals surface area contributed by atoms with Crippen molar-refractivity contribution in [1.82, 2.24) is 4.90 Å². The number of amides is 1. The number of primary amides is 1. The van der Waals surface area contributed by atoms with Crippen LogP contribution in [0.2, 0.25) is 0 Å². The first-order valence-corrected chi connectivity index (χ1v) is 8.01. The van der Waals surface area contributed by atoms with Gasteiger partial charge in [-0.2, -0.15) is 0 Å². The van der Waals surface area contributed by atoms with Crippen LogP contribution in [0.3, 0.4) is 0 Å². The fourth-order valence-electron chi connectivity index (χ4n) is 4.08. The highest BCUT2D eigenvalue weighted by Crippen LogP contribution is 2.50. The van der Waals surface area contributed by atoms with E-state index in [-0.39, 0.29) is 5.41 Å². The van der Waals surface area contributed by atoms with Crippen LogP contribution < -0.4 is 15.2 Å². The van der Waals surface area contributed by atoms with Gasteiger partial charge in [-0.1, -0.05) is 6.08 Å². The molecule has 0 aromatic heterocycles. The summed E-state index contributed by atoms with van der Waals surface area (Å²) in [6.45, 7) is 1.02. The zero-order chi connectivity index (χ0) is 16.6. The summed E-state index contributed by atoms with van der Waals surface area (Å²) in [5.74, 6) is 0.478. The molecule has 124 valence electrons. The Balaban J connectivity index is 2.20. The normalized spacial score (nSPS) is 23.3. The minimum atomic E-state index is -0.494. The van der Waals surface area contributed by atoms with Gasteiger partial charge in [0.15, 0.2) is 11.5 Å². The number of nitrogens with two attached hydrogens (primary N) is 1. The first kappa shape index (κ1) is 15.7. The lowest BCUT2D eigenvalue weighted by molar-refractivity contribution is 0.0996. The Morgan fingerprint density at radius 2 is 2.04 bits per heavy atom. The zero-order valence-corrected chi connectivity index (χ0v) is 14.0. The number of fused-ring (bicyclic) bond motifs is 1. The van der Waals surface area contributed by atoms with E-state index < -0.39 is 5.91 Å². The van der Waals surface area contributed by atoms with Gasteiger partial charge in [0.2, 0.25) is 0 Å². The highest BCUT2D eigenvalue weighted by Gasteiger charge is 2.44. The van der Waals surface area contributed by atoms with Gasteiger partial charge in [0, 0.05) is 24.7 Å². The number of likely N-dealkylation sites (N-methyl/N-ethyl adjacent to an activating group) is 1. The summed E-state index contributed by atoms with van der Waals surface area (Å²) < 4.78 is 10.8. The van der Waals surface area contributed by atoms with E-state index in [9.17, 15) is 4.79 Å². The monoisotopic (exact) mass is 316 g/mol. The summed E-state index contributed by atoms with van der Waals surface area (Å²) in [7, 11) is 5.24. The molecule has 1 aromatic rings. The Kier molecular flexibility index (Phi) is 3.96. The summed E-state index contributed by atoms with van der Waals surface area (Å²) in [5.41, 5.74) is 8.36. The smallest absolute Gasteiger partial charge is 0.252 e. The zero-order valence-electron chi connectivity index (χ0n) is 14.0. The molecule has 0 bridgehead atoms. The minimum Gasteiger partial charge on any atom is -0.493 e. The number of allylic oxidation sites excluding steroid dienone is 2. The Morgan fingerprint density at radius 3 is 2.70 bits per heavy atom. The number of nitrogens with zero attached hydrogens (tertiary/aromatic N) is 1. The number of methoxy groups -OCH3 is 2. The number of hydrogen-bond acceptors (Lipinski definition) is 4. The van der Waals surface area contributed by atoms with Crippen LogP contribution in [0.4, 0.5) is 0 Å². The van der Waals surface area contributed by atoms with Crippen molar-refractivity contribution in [3.05, 3.63) is 35.0 Å². The predicted octanol–water partition coefficient (Wildman–Crippen LogP) is 2.44. The van der Waals surface area contributed by atoms with E-state index in [1.807, 2.05) is 12.1 Å². The van der Waals surface area contributed by atoms with Crippen LogP contribution in [-0.4, -0.2) is 38.6 Å². The average Bonchev–Trinajstić information content (AvgIpc) is 2.92. The van der Waals surface area contributed by atoms with E-state index >= 15 is 0 Å². The van der Waals surface area contributed by atoms with Crippen LogP contribution in [0, 0.1) is 0 Å². The van der Waals surface area contributed by atoms with Crippen LogP contribution >= 0.6 is 0 Å². The molecule has 1 saturated heterocycles. The molecule has 2 N–H and O–H groups in total. The number of carbonyl (C=O) groups excluding carboxylic acids is 1. The van der Waals surface area contributed by atoms with Gasteiger partial charge in [-0.15, -0.1) is 0 Å². The fraction of sp³-hybridized carbons (Fsp3) is 0.500. The summed E-state index contributed by atoms with van der Waals surface area (Å²) in [6.07, 6.45) is 6.71. The third-order valence-electron chi connectivity index (χ3n) is 5.22. The molecule has 0 radical (unpaired) electrons. The van der Waals surface area contributed by atoms with Crippen LogP contribution in [0.5, 0.6) is 11.5 Å². The molecule has 0 saturated carbocycles. The molecule has 5 heteroatoms. The molecule has 1 aromatic carbocycles. The maximum absolute atomic E-state index is 11.9. The second kappa shape index (κ2) is 5.80. The number of hydrogen-bond donors (Lipinski definition) is 1. The van der Waals surface area contributed by atoms with E-state index in [4.69, 9.17) is 15.2 Å². The third kappa shape index (κ3) is 2.35. The maximum Gasteiger partial charge on any atom is 0.252 e. The first-order valence-electron chi connectivity index (χ1n) is 8.01. The van der Waals surface area contributed by atoms with E-state index in [1.54, 1.807) is 7.11 Å². The predicted molar refractivity (Wildman–Crippen MR) is 88.9 cm³/mol. The molecule has 1 fully saturated rings. The molecular formula is C18H24N2O3. The van der Waals surface area contributed by atoms with Crippen LogP contribution in [-0.2, 0) is 5.41 Å². The SMILES string of the molecule is COc1cc([C@@]23CCCC=C2N(C)CC3)cc(C(N)=O)c1OC. The molecule has 1 heterocycles. The molecule has 0 spiro atoms. The van der Waals surface area contributed by atoms with Gasteiger partial charge >= 0.3 is 0 Å². The minimum absolute atomic E-state index is 0.0449. The second-order valence-electron chi connectivity index (χ2n) is 6.36. The van der Waals surface area contributed by atoms with Crippen molar-refractivity contribution < 1.29 is 14.3 Å². The lowest BCUT2D eigenvalue weighted by Gasteiger charge is -2.36. The maximum atomic E-state index is 11.9. The van der Waals surface area contributed by atoms with Crippen molar-refractivity contribution >= 4 is 5.91 Å². The Morgan fingerprint density at radius 1 is 1.26 bits per heavy atom. The van der Waals surface area contributed by atoms with E-state index in [0.29, 0.717) is 17.1 Å². The molecular weight excluding hydrogens is 292 g/mol. The summed E-state index contributed by atoms with van der Waals surface area (Å²) in [5, 5.41) is 0. The lowest BCUT2D eigenvalue weighted by Crippen LogP contribution is -2.30. The number of carbonyl (C=O) groups is 1. The number of rotatable bonds is 4. The van der Waals surface area contributed by atoms with Crippen molar-refractivity contribution in [2.45, 2.75) is 31.1 Å². The Hall–Kier alpha value is -2.17. The topological polar surface area (TPSA) is 64.8 Å². The van der Waals surface area contributed by atoms with E-state index in [0.717, 1.165) is 37.8 Å². The molecule has 0 unspecified atom stereocenters. The van der Waals surface area contributed by atoms with Crippen LogP contribution in [0.15, 0.2) is 23.9 Å². The van der Waals surface area contributed by atoms with Crippen molar-refractivity contribution in [2.24, 2.45) is 5.73 Å². The highest BCUT2D eigenvalue weighted by atomic mass is 16.5. The van der Waals surface area contributed by atoms with Crippen molar-refractivity contribution in [3.63, 3.8) is 0 Å². The number of ether oxygens (including phenoxy) is 2. The number of benzene rings is 1. The molecule has 2 aliphatic rings. The highest BCUT2D eigenvalue weighted by molar-refractivity contribution is 5.97. The second-order valence-corrected chi connectivity index (χ2v) is 6.36. The lowest BCUT2D eigenvalue weighted by atomic mass is 9.70. The molecule has 1 aliphatic heterocycles. The Labute approximate surface area is 137 Å². The molecule has 3 rings (SSSR count). The van der Waals surface area contributed by atoms with Gasteiger partial charge < -0.3 is 20.1 Å². The molecule has 1 amide bonds. The summed E-state index contributed by atoms with van der Waals surface area (Å²) in [6, 6.07) is 3.89. The van der Waals surface area contributed by atoms with Crippen molar-refractivity contribution in [1.29, 1.82) is 0 Å². The molecule has 23 heavy (non-hydrogen) atoms. The largest absolute Gasteiger partial charge is 0.493 e. The van der Waals surface area contributed by atoms with Gasteiger partial charge in [-0.3, -0.25) is 4.79 Å². The van der Waals surface area contributed by atoms with E-state index in [1.165, 1.54) is 12.8 Å². The quantitative estimate of drug-likeness (QED) is 0.926. The third-order valence-corrected chi connectivity index (χ3v) is 5.22. The fourth-order valence-corrected chi connectivity index (χ4v) is 4.08. The van der Waals surface area contributed by atoms with Crippen LogP contribution in [0.25, 0.3) is 0 Å². The molecule has 1 aliphatic carbocycles.